The van der Waals surface area contributed by atoms with E-state index in [1.165, 1.54) is 25.4 Å². The minimum atomic E-state index is -0.693. The highest BCUT2D eigenvalue weighted by molar-refractivity contribution is 5.86. The van der Waals surface area contributed by atoms with E-state index >= 15 is 0 Å². The first-order valence-electron chi connectivity index (χ1n) is 5.58. The Bertz CT molecular complexity index is 593. The van der Waals surface area contributed by atoms with Gasteiger partial charge in [-0.3, -0.25) is 4.79 Å². The second-order valence-corrected chi connectivity index (χ2v) is 3.90. The maximum atomic E-state index is 12.0. The lowest BCUT2D eigenvalue weighted by Crippen LogP contribution is -2.26. The van der Waals surface area contributed by atoms with Gasteiger partial charge in [-0.2, -0.15) is 0 Å². The van der Waals surface area contributed by atoms with E-state index in [2.05, 4.69) is 10.5 Å². The molecule has 2 aromatic rings. The highest BCUT2D eigenvalue weighted by Gasteiger charge is 2.25. The maximum Gasteiger partial charge on any atom is 0.234 e. The van der Waals surface area contributed by atoms with Crippen LogP contribution in [0.25, 0.3) is 0 Å². The average Bonchev–Trinajstić information content (AvgIpc) is 2.94. The zero-order valence-corrected chi connectivity index (χ0v) is 10.2. The van der Waals surface area contributed by atoms with E-state index < -0.39 is 5.92 Å². The van der Waals surface area contributed by atoms with Crippen molar-refractivity contribution < 1.29 is 14.3 Å². The minimum Gasteiger partial charge on any atom is -0.506 e. The van der Waals surface area contributed by atoms with Gasteiger partial charge in [0, 0.05) is 7.05 Å². The summed E-state index contributed by atoms with van der Waals surface area (Å²) in [6.45, 7) is 0. The van der Waals surface area contributed by atoms with Crippen molar-refractivity contribution in [2.45, 2.75) is 5.92 Å². The number of nitrogens with zero attached hydrogens (tertiary/aromatic N) is 1. The van der Waals surface area contributed by atoms with Crippen LogP contribution in [0, 0.1) is 4.91 Å². The van der Waals surface area contributed by atoms with Crippen LogP contribution in [0.4, 0.5) is 5.69 Å². The van der Waals surface area contributed by atoms with E-state index in [0.29, 0.717) is 11.3 Å². The normalized spacial score (nSPS) is 11.8. The molecule has 1 heterocycles. The van der Waals surface area contributed by atoms with Gasteiger partial charge in [-0.05, 0) is 35.0 Å². The van der Waals surface area contributed by atoms with Crippen molar-refractivity contribution in [2.24, 2.45) is 5.18 Å². The fourth-order valence-electron chi connectivity index (χ4n) is 1.84. The molecule has 1 aromatic heterocycles. The van der Waals surface area contributed by atoms with Crippen LogP contribution in [-0.2, 0) is 4.79 Å². The molecule has 2 rings (SSSR count). The van der Waals surface area contributed by atoms with Gasteiger partial charge < -0.3 is 14.8 Å². The SMILES string of the molecule is CNC(=O)C(c1ccc(O)c(N=O)c1)c1ccco1. The molecule has 98 valence electrons. The molecule has 6 nitrogen and oxygen atoms in total. The molecule has 0 saturated carbocycles. The fraction of sp³-hybridized carbons (Fsp3) is 0.154. The summed E-state index contributed by atoms with van der Waals surface area (Å²) in [6.07, 6.45) is 1.46. The number of amides is 1. The Hall–Kier alpha value is -2.63. The van der Waals surface area contributed by atoms with Crippen LogP contribution in [-0.4, -0.2) is 18.1 Å². The number of phenolic OH excluding ortho intramolecular Hbond substituents is 1. The summed E-state index contributed by atoms with van der Waals surface area (Å²) in [5, 5.41) is 14.7. The van der Waals surface area contributed by atoms with Crippen molar-refractivity contribution in [3.63, 3.8) is 0 Å². The number of hydrogen-bond acceptors (Lipinski definition) is 5. The van der Waals surface area contributed by atoms with Crippen LogP contribution < -0.4 is 5.32 Å². The van der Waals surface area contributed by atoms with Crippen LogP contribution in [0.1, 0.15) is 17.2 Å². The minimum absolute atomic E-state index is 0.113. The van der Waals surface area contributed by atoms with E-state index in [-0.39, 0.29) is 17.3 Å². The predicted octanol–water partition coefficient (Wildman–Crippen LogP) is 2.26. The Kier molecular flexibility index (Phi) is 3.61. The summed E-state index contributed by atoms with van der Waals surface area (Å²) in [5.74, 6) is -0.755. The van der Waals surface area contributed by atoms with Gasteiger partial charge in [0.15, 0.2) is 0 Å². The molecule has 0 fully saturated rings. The molecule has 0 aliphatic rings. The molecule has 19 heavy (non-hydrogen) atoms. The topological polar surface area (TPSA) is 91.9 Å². The van der Waals surface area contributed by atoms with Gasteiger partial charge >= 0.3 is 0 Å². The number of furan rings is 1. The Morgan fingerprint density at radius 1 is 1.42 bits per heavy atom. The third kappa shape index (κ3) is 2.47. The first kappa shape index (κ1) is 12.8. The molecule has 1 atom stereocenters. The molecule has 1 unspecified atom stereocenters. The van der Waals surface area contributed by atoms with Gasteiger partial charge in [-0.1, -0.05) is 6.07 Å². The molecule has 1 amide bonds. The van der Waals surface area contributed by atoms with Gasteiger partial charge in [-0.25, -0.2) is 0 Å². The van der Waals surface area contributed by atoms with Crippen LogP contribution in [0.2, 0.25) is 0 Å². The molecule has 2 N–H and O–H groups in total. The molecule has 0 saturated heterocycles. The van der Waals surface area contributed by atoms with Gasteiger partial charge in [0.25, 0.3) is 0 Å². The summed E-state index contributed by atoms with van der Waals surface area (Å²) in [4.78, 5) is 22.5. The van der Waals surface area contributed by atoms with Crippen LogP contribution >= 0.6 is 0 Å². The zero-order valence-electron chi connectivity index (χ0n) is 10.2. The lowest BCUT2D eigenvalue weighted by molar-refractivity contribution is -0.121. The number of rotatable bonds is 4. The fourth-order valence-corrected chi connectivity index (χ4v) is 1.84. The summed E-state index contributed by atoms with van der Waals surface area (Å²) in [5.41, 5.74) is 0.402. The Morgan fingerprint density at radius 3 is 2.79 bits per heavy atom. The summed E-state index contributed by atoms with van der Waals surface area (Å²) >= 11 is 0. The van der Waals surface area contributed by atoms with Crippen molar-refractivity contribution in [3.05, 3.63) is 52.8 Å². The predicted molar refractivity (Wildman–Crippen MR) is 68.2 cm³/mol. The molecule has 0 aliphatic heterocycles. The monoisotopic (exact) mass is 260 g/mol. The average molecular weight is 260 g/mol. The summed E-state index contributed by atoms with van der Waals surface area (Å²) in [6, 6.07) is 7.58. The lowest BCUT2D eigenvalue weighted by atomic mass is 9.95. The first-order valence-corrected chi connectivity index (χ1v) is 5.58. The van der Waals surface area contributed by atoms with Crippen LogP contribution in [0.5, 0.6) is 5.75 Å². The van der Waals surface area contributed by atoms with Crippen molar-refractivity contribution in [2.75, 3.05) is 7.05 Å². The number of benzene rings is 1. The quantitative estimate of drug-likeness (QED) is 0.825. The second-order valence-electron chi connectivity index (χ2n) is 3.90. The van der Waals surface area contributed by atoms with Crippen LogP contribution in [0.3, 0.4) is 0 Å². The van der Waals surface area contributed by atoms with Gasteiger partial charge in [0.2, 0.25) is 5.91 Å². The maximum absolute atomic E-state index is 12.0. The molecule has 1 aromatic carbocycles. The number of carbonyl (C=O) groups excluding carboxylic acids is 1. The second kappa shape index (κ2) is 5.34. The van der Waals surface area contributed by atoms with E-state index in [9.17, 15) is 14.8 Å². The molecule has 0 aliphatic carbocycles. The molecule has 0 radical (unpaired) electrons. The van der Waals surface area contributed by atoms with E-state index in [1.54, 1.807) is 18.2 Å². The number of nitroso groups, excluding NO2 is 1. The van der Waals surface area contributed by atoms with Crippen LogP contribution in [0.15, 0.2) is 46.2 Å². The number of carbonyl (C=O) groups is 1. The molecular formula is C13H12N2O4. The standard InChI is InChI=1S/C13H12N2O4/c1-14-13(17)12(11-3-2-6-19-11)8-4-5-10(16)9(7-8)15-18/h2-7,12,16H,1H3,(H,14,17). The van der Waals surface area contributed by atoms with Gasteiger partial charge in [0.05, 0.1) is 6.26 Å². The molecule has 0 spiro atoms. The van der Waals surface area contributed by atoms with E-state index in [0.717, 1.165) is 0 Å². The smallest absolute Gasteiger partial charge is 0.234 e. The number of nitrogens with one attached hydrogen (secondary N) is 1. The lowest BCUT2D eigenvalue weighted by Gasteiger charge is -2.14. The Labute approximate surface area is 109 Å². The zero-order chi connectivity index (χ0) is 13.8. The third-order valence-corrected chi connectivity index (χ3v) is 2.77. The molecule has 6 heteroatoms. The van der Waals surface area contributed by atoms with E-state index in [4.69, 9.17) is 4.42 Å². The summed E-state index contributed by atoms with van der Waals surface area (Å²) in [7, 11) is 1.51. The highest BCUT2D eigenvalue weighted by Crippen LogP contribution is 2.33. The van der Waals surface area contributed by atoms with Crippen molar-refractivity contribution in [3.8, 4) is 5.75 Å². The largest absolute Gasteiger partial charge is 0.506 e. The van der Waals surface area contributed by atoms with Gasteiger partial charge in [-0.15, -0.1) is 4.91 Å². The van der Waals surface area contributed by atoms with E-state index in [1.807, 2.05) is 0 Å². The third-order valence-electron chi connectivity index (χ3n) is 2.77. The highest BCUT2D eigenvalue weighted by atomic mass is 16.3. The van der Waals surface area contributed by atoms with Crippen molar-refractivity contribution in [1.29, 1.82) is 0 Å². The van der Waals surface area contributed by atoms with Crippen molar-refractivity contribution >= 4 is 11.6 Å². The summed E-state index contributed by atoms with van der Waals surface area (Å²) < 4.78 is 5.24. The number of likely N-dealkylation sites (N-methyl/N-ethyl adjacent to an activating group) is 1. The molecular weight excluding hydrogens is 248 g/mol. The van der Waals surface area contributed by atoms with Gasteiger partial charge in [0.1, 0.15) is 23.1 Å². The molecule has 0 bridgehead atoms. The first-order chi connectivity index (χ1) is 9.17. The number of phenols is 1. The Balaban J connectivity index is 2.50. The number of hydrogen-bond donors (Lipinski definition) is 2. The van der Waals surface area contributed by atoms with Crippen molar-refractivity contribution in [1.82, 2.24) is 5.32 Å². The Morgan fingerprint density at radius 2 is 2.21 bits per heavy atom. The number of aromatic hydroxyl groups is 1.